The third-order valence-corrected chi connectivity index (χ3v) is 3.81. The van der Waals surface area contributed by atoms with Crippen molar-refractivity contribution in [3.05, 3.63) is 28.2 Å². The van der Waals surface area contributed by atoms with Crippen molar-refractivity contribution in [1.82, 2.24) is 0 Å². The predicted molar refractivity (Wildman–Crippen MR) is 72.9 cm³/mol. The van der Waals surface area contributed by atoms with Crippen LogP contribution in [0.1, 0.15) is 32.3 Å². The minimum Gasteiger partial charge on any atom is -0.394 e. The zero-order chi connectivity index (χ0) is 12.9. The van der Waals surface area contributed by atoms with Crippen LogP contribution in [0, 0.1) is 11.3 Å². The highest BCUT2D eigenvalue weighted by Gasteiger charge is 2.25. The molecule has 1 aromatic rings. The molecule has 0 aliphatic heterocycles. The molecular formula is C13H17BrN2O. The Kier molecular flexibility index (Phi) is 4.98. The zero-order valence-electron chi connectivity index (χ0n) is 10.1. The Balaban J connectivity index is 2.99. The maximum Gasteiger partial charge on any atom is 0.0992 e. The monoisotopic (exact) mass is 296 g/mol. The fourth-order valence-corrected chi connectivity index (χ4v) is 2.14. The number of nitrogens with one attached hydrogen (secondary N) is 1. The number of rotatable bonds is 5. The van der Waals surface area contributed by atoms with E-state index < -0.39 is 0 Å². The second-order valence-electron chi connectivity index (χ2n) is 4.08. The number of hydrogen-bond donors (Lipinski definition) is 2. The average molecular weight is 297 g/mol. The minimum absolute atomic E-state index is 0.0897. The van der Waals surface area contributed by atoms with Gasteiger partial charge in [-0.25, -0.2) is 0 Å². The summed E-state index contributed by atoms with van der Waals surface area (Å²) in [4.78, 5) is 0. The smallest absolute Gasteiger partial charge is 0.0992 e. The molecule has 0 aliphatic carbocycles. The van der Waals surface area contributed by atoms with Crippen LogP contribution in [0.3, 0.4) is 0 Å². The third kappa shape index (κ3) is 3.21. The lowest BCUT2D eigenvalue weighted by Gasteiger charge is -2.32. The van der Waals surface area contributed by atoms with Crippen molar-refractivity contribution in [2.24, 2.45) is 0 Å². The molecule has 0 amide bonds. The number of aliphatic hydroxyl groups excluding tert-OH is 1. The Hall–Kier alpha value is -1.05. The van der Waals surface area contributed by atoms with Crippen molar-refractivity contribution in [1.29, 1.82) is 5.26 Å². The van der Waals surface area contributed by atoms with E-state index in [-0.39, 0.29) is 12.1 Å². The van der Waals surface area contributed by atoms with Gasteiger partial charge in [0.1, 0.15) is 0 Å². The molecule has 17 heavy (non-hydrogen) atoms. The highest BCUT2D eigenvalue weighted by Crippen LogP contribution is 2.28. The van der Waals surface area contributed by atoms with E-state index in [9.17, 15) is 5.11 Å². The van der Waals surface area contributed by atoms with Gasteiger partial charge in [-0.15, -0.1) is 0 Å². The van der Waals surface area contributed by atoms with Crippen LogP contribution in [0.25, 0.3) is 0 Å². The number of nitriles is 1. The molecule has 0 spiro atoms. The molecule has 4 heteroatoms. The topological polar surface area (TPSA) is 56.0 Å². The molecule has 0 bridgehead atoms. The molecule has 0 fully saturated rings. The summed E-state index contributed by atoms with van der Waals surface area (Å²) in [6.45, 7) is 4.18. The van der Waals surface area contributed by atoms with Crippen LogP contribution in [-0.2, 0) is 0 Å². The van der Waals surface area contributed by atoms with Crippen molar-refractivity contribution in [2.75, 3.05) is 11.9 Å². The minimum atomic E-state index is -0.295. The fourth-order valence-electron chi connectivity index (χ4n) is 1.66. The van der Waals surface area contributed by atoms with Gasteiger partial charge in [0.2, 0.25) is 0 Å². The van der Waals surface area contributed by atoms with Gasteiger partial charge >= 0.3 is 0 Å². The summed E-state index contributed by atoms with van der Waals surface area (Å²) in [5.41, 5.74) is 1.23. The van der Waals surface area contributed by atoms with Gasteiger partial charge in [0.15, 0.2) is 0 Å². The molecule has 3 nitrogen and oxygen atoms in total. The Labute approximate surface area is 111 Å². The van der Waals surface area contributed by atoms with Crippen LogP contribution >= 0.6 is 15.9 Å². The number of benzene rings is 1. The summed E-state index contributed by atoms with van der Waals surface area (Å²) in [5.74, 6) is 0. The number of nitrogens with zero attached hydrogens (tertiary/aromatic N) is 1. The van der Waals surface area contributed by atoms with Crippen LogP contribution in [-0.4, -0.2) is 17.3 Å². The Morgan fingerprint density at radius 1 is 1.41 bits per heavy atom. The highest BCUT2D eigenvalue weighted by atomic mass is 79.9. The maximum absolute atomic E-state index is 9.50. The molecule has 92 valence electrons. The quantitative estimate of drug-likeness (QED) is 0.877. The molecular weight excluding hydrogens is 280 g/mol. The molecule has 0 saturated heterocycles. The molecule has 0 heterocycles. The summed E-state index contributed by atoms with van der Waals surface area (Å²) in [6.07, 6.45) is 1.68. The van der Waals surface area contributed by atoms with Crippen LogP contribution in [0.4, 0.5) is 5.69 Å². The Morgan fingerprint density at radius 3 is 2.47 bits per heavy atom. The van der Waals surface area contributed by atoms with Gasteiger partial charge in [-0.3, -0.25) is 0 Å². The lowest BCUT2D eigenvalue weighted by molar-refractivity contribution is 0.202. The average Bonchev–Trinajstić information content (AvgIpc) is 2.38. The van der Waals surface area contributed by atoms with Crippen LogP contribution in [0.5, 0.6) is 0 Å². The third-order valence-electron chi connectivity index (χ3n) is 3.15. The van der Waals surface area contributed by atoms with Gasteiger partial charge in [0.25, 0.3) is 0 Å². The first-order chi connectivity index (χ1) is 8.10. The summed E-state index contributed by atoms with van der Waals surface area (Å²) >= 11 is 3.43. The first-order valence-corrected chi connectivity index (χ1v) is 6.48. The van der Waals surface area contributed by atoms with Gasteiger partial charge in [0.05, 0.1) is 23.8 Å². The molecule has 0 radical (unpaired) electrons. The SMILES string of the molecule is CCC(CC)(CO)Nc1ccc(C#N)cc1Br. The van der Waals surface area contributed by atoms with Crippen LogP contribution in [0.2, 0.25) is 0 Å². The van der Waals surface area contributed by atoms with Crippen LogP contribution < -0.4 is 5.32 Å². The maximum atomic E-state index is 9.50. The van der Waals surface area contributed by atoms with Crippen molar-refractivity contribution in [2.45, 2.75) is 32.2 Å². The highest BCUT2D eigenvalue weighted by molar-refractivity contribution is 9.10. The number of hydrogen-bond acceptors (Lipinski definition) is 3. The van der Waals surface area contributed by atoms with E-state index in [1.165, 1.54) is 0 Å². The van der Waals surface area contributed by atoms with Crippen molar-refractivity contribution >= 4 is 21.6 Å². The second-order valence-corrected chi connectivity index (χ2v) is 4.93. The number of halogens is 1. The van der Waals surface area contributed by atoms with Gasteiger partial charge < -0.3 is 10.4 Å². The molecule has 0 aliphatic rings. The van der Waals surface area contributed by atoms with E-state index in [0.29, 0.717) is 5.56 Å². The second kappa shape index (κ2) is 6.04. The molecule has 0 saturated carbocycles. The zero-order valence-corrected chi connectivity index (χ0v) is 11.7. The Bertz CT molecular complexity index is 414. The largest absolute Gasteiger partial charge is 0.394 e. The van der Waals surface area contributed by atoms with Gasteiger partial charge in [-0.1, -0.05) is 13.8 Å². The van der Waals surface area contributed by atoms with Crippen molar-refractivity contribution < 1.29 is 5.11 Å². The molecule has 0 unspecified atom stereocenters. The van der Waals surface area contributed by atoms with E-state index in [4.69, 9.17) is 5.26 Å². The molecule has 2 N–H and O–H groups in total. The van der Waals surface area contributed by atoms with Crippen LogP contribution in [0.15, 0.2) is 22.7 Å². The van der Waals surface area contributed by atoms with E-state index >= 15 is 0 Å². The lowest BCUT2D eigenvalue weighted by atomic mass is 9.93. The molecule has 0 aromatic heterocycles. The summed E-state index contributed by atoms with van der Waals surface area (Å²) in [6, 6.07) is 7.49. The van der Waals surface area contributed by atoms with E-state index in [0.717, 1.165) is 23.0 Å². The summed E-state index contributed by atoms with van der Waals surface area (Å²) < 4.78 is 0.844. The molecule has 0 atom stereocenters. The Morgan fingerprint density at radius 2 is 2.06 bits per heavy atom. The first-order valence-electron chi connectivity index (χ1n) is 5.69. The van der Waals surface area contributed by atoms with E-state index in [2.05, 4.69) is 27.3 Å². The van der Waals surface area contributed by atoms with E-state index in [1.54, 1.807) is 12.1 Å². The van der Waals surface area contributed by atoms with Gasteiger partial charge in [-0.05, 0) is 47.0 Å². The summed E-state index contributed by atoms with van der Waals surface area (Å²) in [5, 5.41) is 21.6. The standard InChI is InChI=1S/C13H17BrN2O/c1-3-13(4-2,9-17)16-12-6-5-10(8-15)7-11(12)14/h5-7,16-17H,3-4,9H2,1-2H3. The number of aliphatic hydroxyl groups is 1. The predicted octanol–water partition coefficient (Wildman–Crippen LogP) is 3.28. The lowest BCUT2D eigenvalue weighted by Crippen LogP contribution is -2.40. The van der Waals surface area contributed by atoms with Crippen molar-refractivity contribution in [3.63, 3.8) is 0 Å². The fraction of sp³-hybridized carbons (Fsp3) is 0.462. The van der Waals surface area contributed by atoms with Crippen molar-refractivity contribution in [3.8, 4) is 6.07 Å². The molecule has 1 rings (SSSR count). The van der Waals surface area contributed by atoms with E-state index in [1.807, 2.05) is 19.9 Å². The van der Waals surface area contributed by atoms with Gasteiger partial charge in [-0.2, -0.15) is 5.26 Å². The number of anilines is 1. The summed E-state index contributed by atoms with van der Waals surface area (Å²) in [7, 11) is 0. The van der Waals surface area contributed by atoms with Gasteiger partial charge in [0, 0.05) is 10.2 Å². The molecule has 1 aromatic carbocycles. The first kappa shape index (κ1) is 14.0. The normalized spacial score (nSPS) is 11.0.